The molecule has 2 rings (SSSR count). The summed E-state index contributed by atoms with van der Waals surface area (Å²) in [5.41, 5.74) is 2.78. The minimum atomic E-state index is -0.0801. The van der Waals surface area contributed by atoms with Crippen LogP contribution in [0.25, 0.3) is 11.1 Å². The zero-order valence-electron chi connectivity index (χ0n) is 9.41. The zero-order valence-corrected chi connectivity index (χ0v) is 11.0. The molecule has 0 aliphatic heterocycles. The number of rotatable bonds is 2. The Morgan fingerprint density at radius 3 is 2.41 bits per heavy atom. The van der Waals surface area contributed by atoms with Gasteiger partial charge in [0.25, 0.3) is 5.91 Å². The van der Waals surface area contributed by atoms with E-state index in [2.05, 4.69) is 21.2 Å². The van der Waals surface area contributed by atoms with Gasteiger partial charge in [0, 0.05) is 17.1 Å². The quantitative estimate of drug-likeness (QED) is 0.901. The number of hydrogen-bond donors (Lipinski definition) is 1. The maximum absolute atomic E-state index is 11.6. The predicted molar refractivity (Wildman–Crippen MR) is 73.0 cm³/mol. The summed E-state index contributed by atoms with van der Waals surface area (Å²) >= 11 is 3.43. The van der Waals surface area contributed by atoms with Gasteiger partial charge in [0.1, 0.15) is 0 Å². The van der Waals surface area contributed by atoms with E-state index >= 15 is 0 Å². The third-order valence-electron chi connectivity index (χ3n) is 2.49. The van der Waals surface area contributed by atoms with Gasteiger partial charge in [-0.2, -0.15) is 0 Å². The van der Waals surface area contributed by atoms with Crippen LogP contribution in [-0.2, 0) is 0 Å². The van der Waals surface area contributed by atoms with Crippen molar-refractivity contribution in [1.29, 1.82) is 0 Å². The Balaban J connectivity index is 2.49. The highest BCUT2D eigenvalue weighted by Gasteiger charge is 2.07. The molecule has 0 unspecified atom stereocenters. The molecule has 1 amide bonds. The Morgan fingerprint density at radius 2 is 1.76 bits per heavy atom. The smallest absolute Gasteiger partial charge is 0.251 e. The number of benzene rings is 2. The average Bonchev–Trinajstić information content (AvgIpc) is 2.38. The lowest BCUT2D eigenvalue weighted by molar-refractivity contribution is 0.0963. The number of amides is 1. The van der Waals surface area contributed by atoms with Crippen LogP contribution in [-0.4, -0.2) is 13.0 Å². The SMILES string of the molecule is CNC(=O)c1cc(Br)cc(-c2ccccc2)c1. The first-order chi connectivity index (χ1) is 8.20. The van der Waals surface area contributed by atoms with Crippen molar-refractivity contribution in [3.05, 3.63) is 58.6 Å². The predicted octanol–water partition coefficient (Wildman–Crippen LogP) is 3.48. The molecular formula is C14H12BrNO. The first-order valence-electron chi connectivity index (χ1n) is 5.29. The molecule has 2 aromatic rings. The molecule has 0 aromatic heterocycles. The maximum Gasteiger partial charge on any atom is 0.251 e. The van der Waals surface area contributed by atoms with Gasteiger partial charge in [0.15, 0.2) is 0 Å². The molecule has 0 heterocycles. The molecule has 0 aliphatic rings. The first-order valence-corrected chi connectivity index (χ1v) is 6.08. The van der Waals surface area contributed by atoms with E-state index in [9.17, 15) is 4.79 Å². The molecule has 0 bridgehead atoms. The van der Waals surface area contributed by atoms with Crippen LogP contribution in [0.15, 0.2) is 53.0 Å². The van der Waals surface area contributed by atoms with Gasteiger partial charge in [-0.25, -0.2) is 0 Å². The van der Waals surface area contributed by atoms with Crippen molar-refractivity contribution < 1.29 is 4.79 Å². The van der Waals surface area contributed by atoms with Crippen LogP contribution in [0, 0.1) is 0 Å². The van der Waals surface area contributed by atoms with E-state index in [1.165, 1.54) is 0 Å². The average molecular weight is 290 g/mol. The van der Waals surface area contributed by atoms with Crippen molar-refractivity contribution in [3.63, 3.8) is 0 Å². The van der Waals surface area contributed by atoms with Crippen molar-refractivity contribution in [2.45, 2.75) is 0 Å². The van der Waals surface area contributed by atoms with Gasteiger partial charge in [0.05, 0.1) is 0 Å². The topological polar surface area (TPSA) is 29.1 Å². The standard InChI is InChI=1S/C14H12BrNO/c1-16-14(17)12-7-11(8-13(15)9-12)10-5-3-2-4-6-10/h2-9H,1H3,(H,16,17). The summed E-state index contributed by atoms with van der Waals surface area (Å²) in [4.78, 5) is 11.6. The highest BCUT2D eigenvalue weighted by molar-refractivity contribution is 9.10. The summed E-state index contributed by atoms with van der Waals surface area (Å²) in [6.45, 7) is 0. The summed E-state index contributed by atoms with van der Waals surface area (Å²) in [5.74, 6) is -0.0801. The molecule has 0 saturated heterocycles. The highest BCUT2D eigenvalue weighted by Crippen LogP contribution is 2.24. The van der Waals surface area contributed by atoms with Crippen molar-refractivity contribution in [2.24, 2.45) is 0 Å². The van der Waals surface area contributed by atoms with Crippen LogP contribution in [0.1, 0.15) is 10.4 Å². The Kier molecular flexibility index (Phi) is 3.59. The molecule has 0 atom stereocenters. The number of hydrogen-bond acceptors (Lipinski definition) is 1. The van der Waals surface area contributed by atoms with E-state index in [4.69, 9.17) is 0 Å². The molecule has 1 N–H and O–H groups in total. The molecule has 0 aliphatic carbocycles. The fourth-order valence-corrected chi connectivity index (χ4v) is 2.16. The minimum absolute atomic E-state index is 0.0801. The number of nitrogens with one attached hydrogen (secondary N) is 1. The van der Waals surface area contributed by atoms with Gasteiger partial charge in [-0.1, -0.05) is 46.3 Å². The highest BCUT2D eigenvalue weighted by atomic mass is 79.9. The molecule has 17 heavy (non-hydrogen) atoms. The molecule has 0 spiro atoms. The van der Waals surface area contributed by atoms with Crippen molar-refractivity contribution in [1.82, 2.24) is 5.32 Å². The third-order valence-corrected chi connectivity index (χ3v) is 2.95. The molecule has 2 aromatic carbocycles. The molecule has 86 valence electrons. The van der Waals surface area contributed by atoms with Crippen molar-refractivity contribution in [3.8, 4) is 11.1 Å². The van der Waals surface area contributed by atoms with E-state index in [-0.39, 0.29) is 5.91 Å². The largest absolute Gasteiger partial charge is 0.355 e. The maximum atomic E-state index is 11.6. The molecule has 2 nitrogen and oxygen atoms in total. The molecular weight excluding hydrogens is 278 g/mol. The fraction of sp³-hybridized carbons (Fsp3) is 0.0714. The van der Waals surface area contributed by atoms with Crippen LogP contribution < -0.4 is 5.32 Å². The van der Waals surface area contributed by atoms with E-state index in [0.29, 0.717) is 5.56 Å². The van der Waals surface area contributed by atoms with Crippen LogP contribution in [0.5, 0.6) is 0 Å². The van der Waals surface area contributed by atoms with Gasteiger partial charge in [-0.3, -0.25) is 4.79 Å². The van der Waals surface area contributed by atoms with E-state index < -0.39 is 0 Å². The van der Waals surface area contributed by atoms with Gasteiger partial charge >= 0.3 is 0 Å². The van der Waals surface area contributed by atoms with Gasteiger partial charge in [0.2, 0.25) is 0 Å². The third kappa shape index (κ3) is 2.74. The van der Waals surface area contributed by atoms with Crippen LogP contribution in [0.3, 0.4) is 0 Å². The number of carbonyl (C=O) groups excluding carboxylic acids is 1. The second-order valence-corrected chi connectivity index (χ2v) is 4.59. The van der Waals surface area contributed by atoms with Gasteiger partial charge in [-0.05, 0) is 29.3 Å². The summed E-state index contributed by atoms with van der Waals surface area (Å²) in [6, 6.07) is 15.7. The second-order valence-electron chi connectivity index (χ2n) is 3.67. The Labute approximate surface area is 109 Å². The summed E-state index contributed by atoms with van der Waals surface area (Å²) < 4.78 is 0.900. The minimum Gasteiger partial charge on any atom is -0.355 e. The lowest BCUT2D eigenvalue weighted by Crippen LogP contribution is -2.17. The molecule has 0 saturated carbocycles. The Bertz CT molecular complexity index is 537. The van der Waals surface area contributed by atoms with Crippen LogP contribution in [0.2, 0.25) is 0 Å². The molecule has 3 heteroatoms. The molecule has 0 fully saturated rings. The lowest BCUT2D eigenvalue weighted by Gasteiger charge is -2.06. The summed E-state index contributed by atoms with van der Waals surface area (Å²) in [6.07, 6.45) is 0. The monoisotopic (exact) mass is 289 g/mol. The zero-order chi connectivity index (χ0) is 12.3. The Hall–Kier alpha value is -1.61. The van der Waals surface area contributed by atoms with Gasteiger partial charge in [-0.15, -0.1) is 0 Å². The summed E-state index contributed by atoms with van der Waals surface area (Å²) in [7, 11) is 1.63. The van der Waals surface area contributed by atoms with E-state index in [0.717, 1.165) is 15.6 Å². The van der Waals surface area contributed by atoms with Crippen LogP contribution in [0.4, 0.5) is 0 Å². The first kappa shape index (κ1) is 11.9. The van der Waals surface area contributed by atoms with Crippen LogP contribution >= 0.6 is 15.9 Å². The van der Waals surface area contributed by atoms with Gasteiger partial charge < -0.3 is 5.32 Å². The van der Waals surface area contributed by atoms with Crippen molar-refractivity contribution in [2.75, 3.05) is 7.05 Å². The lowest BCUT2D eigenvalue weighted by atomic mass is 10.0. The second kappa shape index (κ2) is 5.15. The summed E-state index contributed by atoms with van der Waals surface area (Å²) in [5, 5.41) is 2.63. The fourth-order valence-electron chi connectivity index (χ4n) is 1.66. The van der Waals surface area contributed by atoms with E-state index in [1.54, 1.807) is 7.05 Å². The Morgan fingerprint density at radius 1 is 1.06 bits per heavy atom. The number of carbonyl (C=O) groups is 1. The molecule has 0 radical (unpaired) electrons. The number of halogens is 1. The van der Waals surface area contributed by atoms with Crippen molar-refractivity contribution >= 4 is 21.8 Å². The normalized spacial score (nSPS) is 10.0. The van der Waals surface area contributed by atoms with E-state index in [1.807, 2.05) is 48.5 Å².